The van der Waals surface area contributed by atoms with Gasteiger partial charge in [0.2, 0.25) is 6.79 Å². The van der Waals surface area contributed by atoms with Crippen LogP contribution in [0.3, 0.4) is 0 Å². The standard InChI is InChI=1S/C15H22O2/c1-5-10(3)12-7-8-13(11(4)6-2)15-14(12)16-9-17-15/h7-8,10-11H,5-6,9H2,1-4H3. The van der Waals surface area contributed by atoms with Crippen molar-refractivity contribution in [2.75, 3.05) is 6.79 Å². The SMILES string of the molecule is CCC(C)c1ccc(C(C)CC)c2c1OCO2. The summed E-state index contributed by atoms with van der Waals surface area (Å²) in [6.45, 7) is 9.25. The van der Waals surface area contributed by atoms with Crippen molar-refractivity contribution in [2.24, 2.45) is 0 Å². The Morgan fingerprint density at radius 2 is 1.35 bits per heavy atom. The van der Waals surface area contributed by atoms with E-state index in [1.807, 2.05) is 0 Å². The van der Waals surface area contributed by atoms with Crippen molar-refractivity contribution < 1.29 is 9.47 Å². The van der Waals surface area contributed by atoms with Crippen LogP contribution in [0.15, 0.2) is 12.1 Å². The highest BCUT2D eigenvalue weighted by Gasteiger charge is 2.25. The van der Waals surface area contributed by atoms with Gasteiger partial charge in [-0.2, -0.15) is 0 Å². The molecule has 0 amide bonds. The van der Waals surface area contributed by atoms with E-state index in [2.05, 4.69) is 39.8 Å². The largest absolute Gasteiger partial charge is 0.453 e. The van der Waals surface area contributed by atoms with Gasteiger partial charge in [0, 0.05) is 11.1 Å². The molecule has 94 valence electrons. The fourth-order valence-electron chi connectivity index (χ4n) is 2.25. The van der Waals surface area contributed by atoms with E-state index in [1.165, 1.54) is 11.1 Å². The zero-order chi connectivity index (χ0) is 12.4. The quantitative estimate of drug-likeness (QED) is 0.766. The van der Waals surface area contributed by atoms with Crippen molar-refractivity contribution in [3.8, 4) is 11.5 Å². The van der Waals surface area contributed by atoms with Gasteiger partial charge in [-0.15, -0.1) is 0 Å². The van der Waals surface area contributed by atoms with Gasteiger partial charge in [0.1, 0.15) is 0 Å². The normalized spacial score (nSPS) is 16.9. The zero-order valence-corrected chi connectivity index (χ0v) is 11.2. The van der Waals surface area contributed by atoms with E-state index in [9.17, 15) is 0 Å². The first-order valence-electron chi connectivity index (χ1n) is 6.61. The highest BCUT2D eigenvalue weighted by Crippen LogP contribution is 2.45. The fraction of sp³-hybridized carbons (Fsp3) is 0.600. The van der Waals surface area contributed by atoms with Gasteiger partial charge in [0.25, 0.3) is 0 Å². The topological polar surface area (TPSA) is 18.5 Å². The third-order valence-corrected chi connectivity index (χ3v) is 3.87. The van der Waals surface area contributed by atoms with Crippen molar-refractivity contribution in [1.29, 1.82) is 0 Å². The first-order valence-corrected chi connectivity index (χ1v) is 6.61. The molecule has 1 heterocycles. The third-order valence-electron chi connectivity index (χ3n) is 3.87. The van der Waals surface area contributed by atoms with Gasteiger partial charge < -0.3 is 9.47 Å². The molecule has 1 aromatic rings. The lowest BCUT2D eigenvalue weighted by molar-refractivity contribution is 0.172. The molecule has 0 aromatic heterocycles. The van der Waals surface area contributed by atoms with Crippen molar-refractivity contribution in [2.45, 2.75) is 52.4 Å². The Morgan fingerprint density at radius 3 is 1.71 bits per heavy atom. The van der Waals surface area contributed by atoms with E-state index in [0.717, 1.165) is 24.3 Å². The molecule has 0 N–H and O–H groups in total. The molecular formula is C15H22O2. The molecule has 0 aliphatic carbocycles. The minimum Gasteiger partial charge on any atom is -0.453 e. The molecule has 0 bridgehead atoms. The number of hydrogen-bond donors (Lipinski definition) is 0. The van der Waals surface area contributed by atoms with E-state index < -0.39 is 0 Å². The summed E-state index contributed by atoms with van der Waals surface area (Å²) >= 11 is 0. The summed E-state index contributed by atoms with van der Waals surface area (Å²) in [6.07, 6.45) is 2.25. The smallest absolute Gasteiger partial charge is 0.231 e. The van der Waals surface area contributed by atoms with E-state index in [-0.39, 0.29) is 0 Å². The molecule has 2 unspecified atom stereocenters. The summed E-state index contributed by atoms with van der Waals surface area (Å²) < 4.78 is 11.3. The Labute approximate surface area is 104 Å². The summed E-state index contributed by atoms with van der Waals surface area (Å²) in [5.41, 5.74) is 2.57. The Bertz CT molecular complexity index is 361. The molecule has 2 nitrogen and oxygen atoms in total. The molecule has 0 saturated heterocycles. The molecule has 1 aliphatic heterocycles. The van der Waals surface area contributed by atoms with Gasteiger partial charge in [0.15, 0.2) is 11.5 Å². The number of rotatable bonds is 4. The predicted molar refractivity (Wildman–Crippen MR) is 70.0 cm³/mol. The van der Waals surface area contributed by atoms with Crippen molar-refractivity contribution in [1.82, 2.24) is 0 Å². The summed E-state index contributed by atoms with van der Waals surface area (Å²) in [5, 5.41) is 0. The Hall–Kier alpha value is -1.18. The summed E-state index contributed by atoms with van der Waals surface area (Å²) in [6, 6.07) is 4.42. The Kier molecular flexibility index (Phi) is 3.60. The molecule has 1 aromatic carbocycles. The highest BCUT2D eigenvalue weighted by molar-refractivity contribution is 5.55. The van der Waals surface area contributed by atoms with Crippen LogP contribution >= 0.6 is 0 Å². The molecule has 0 radical (unpaired) electrons. The van der Waals surface area contributed by atoms with Crippen LogP contribution < -0.4 is 9.47 Å². The fourth-order valence-corrected chi connectivity index (χ4v) is 2.25. The van der Waals surface area contributed by atoms with Crippen LogP contribution in [-0.2, 0) is 0 Å². The molecule has 2 heteroatoms. The van der Waals surface area contributed by atoms with Crippen molar-refractivity contribution in [3.63, 3.8) is 0 Å². The van der Waals surface area contributed by atoms with Crippen molar-refractivity contribution in [3.05, 3.63) is 23.3 Å². The molecular weight excluding hydrogens is 212 g/mol. The first-order chi connectivity index (χ1) is 8.19. The van der Waals surface area contributed by atoms with Crippen LogP contribution in [0.4, 0.5) is 0 Å². The molecule has 0 spiro atoms. The lowest BCUT2D eigenvalue weighted by Crippen LogP contribution is -1.98. The van der Waals surface area contributed by atoms with Gasteiger partial charge in [-0.25, -0.2) is 0 Å². The Morgan fingerprint density at radius 1 is 0.941 bits per heavy atom. The number of benzene rings is 1. The number of fused-ring (bicyclic) bond motifs is 1. The average Bonchev–Trinajstić information content (AvgIpc) is 2.84. The third kappa shape index (κ3) is 2.13. The molecule has 17 heavy (non-hydrogen) atoms. The molecule has 1 aliphatic rings. The summed E-state index contributed by atoms with van der Waals surface area (Å²) in [4.78, 5) is 0. The molecule has 0 saturated carbocycles. The van der Waals surface area contributed by atoms with Crippen LogP contribution in [-0.4, -0.2) is 6.79 Å². The van der Waals surface area contributed by atoms with Gasteiger partial charge in [-0.3, -0.25) is 0 Å². The highest BCUT2D eigenvalue weighted by atomic mass is 16.7. The maximum Gasteiger partial charge on any atom is 0.231 e. The number of ether oxygens (including phenoxy) is 2. The van der Waals surface area contributed by atoms with Crippen molar-refractivity contribution >= 4 is 0 Å². The Balaban J connectivity index is 2.45. The average molecular weight is 234 g/mol. The van der Waals surface area contributed by atoms with Gasteiger partial charge in [0.05, 0.1) is 0 Å². The van der Waals surface area contributed by atoms with Gasteiger partial charge in [-0.1, -0.05) is 39.8 Å². The van der Waals surface area contributed by atoms with Crippen LogP contribution in [0.5, 0.6) is 11.5 Å². The van der Waals surface area contributed by atoms with E-state index >= 15 is 0 Å². The van der Waals surface area contributed by atoms with Crippen LogP contribution in [0.1, 0.15) is 63.5 Å². The van der Waals surface area contributed by atoms with E-state index in [1.54, 1.807) is 0 Å². The van der Waals surface area contributed by atoms with E-state index in [0.29, 0.717) is 18.6 Å². The lowest BCUT2D eigenvalue weighted by Gasteiger charge is -2.16. The predicted octanol–water partition coefficient (Wildman–Crippen LogP) is 4.44. The second-order valence-corrected chi connectivity index (χ2v) is 4.93. The van der Waals surface area contributed by atoms with Crippen LogP contribution in [0.25, 0.3) is 0 Å². The summed E-state index contributed by atoms with van der Waals surface area (Å²) in [7, 11) is 0. The maximum absolute atomic E-state index is 5.67. The second kappa shape index (κ2) is 4.99. The van der Waals surface area contributed by atoms with Crippen LogP contribution in [0.2, 0.25) is 0 Å². The maximum atomic E-state index is 5.67. The van der Waals surface area contributed by atoms with Gasteiger partial charge in [-0.05, 0) is 24.7 Å². The first kappa shape index (κ1) is 12.3. The van der Waals surface area contributed by atoms with E-state index in [4.69, 9.17) is 9.47 Å². The minimum atomic E-state index is 0.367. The molecule has 2 atom stereocenters. The monoisotopic (exact) mass is 234 g/mol. The summed E-state index contributed by atoms with van der Waals surface area (Å²) in [5.74, 6) is 3.02. The zero-order valence-electron chi connectivity index (χ0n) is 11.2. The second-order valence-electron chi connectivity index (χ2n) is 4.93. The minimum absolute atomic E-state index is 0.367. The van der Waals surface area contributed by atoms with Crippen LogP contribution in [0, 0.1) is 0 Å². The number of hydrogen-bond acceptors (Lipinski definition) is 2. The lowest BCUT2D eigenvalue weighted by atomic mass is 9.91. The van der Waals surface area contributed by atoms with Gasteiger partial charge >= 0.3 is 0 Å². The molecule has 0 fully saturated rings. The molecule has 2 rings (SSSR count).